The van der Waals surface area contributed by atoms with E-state index < -0.39 is 17.2 Å². The summed E-state index contributed by atoms with van der Waals surface area (Å²) in [5, 5.41) is 14.0. The molecule has 3 saturated heterocycles. The van der Waals surface area contributed by atoms with Crippen LogP contribution in [0.3, 0.4) is 0 Å². The predicted molar refractivity (Wildman–Crippen MR) is 123 cm³/mol. The maximum atomic E-state index is 14.0. The molecule has 5 heteroatoms. The number of ether oxygens (including phenoxy) is 1. The highest BCUT2D eigenvalue weighted by Crippen LogP contribution is 2.42. The summed E-state index contributed by atoms with van der Waals surface area (Å²) in [4.78, 5) is 13.4. The number of quaternary nitrogens is 1. The zero-order chi connectivity index (χ0) is 22.8. The zero-order valence-electron chi connectivity index (χ0n) is 18.7. The van der Waals surface area contributed by atoms with Gasteiger partial charge in [-0.05, 0) is 35.8 Å². The highest BCUT2D eigenvalue weighted by atomic mass is 16.6. The van der Waals surface area contributed by atoms with E-state index in [1.54, 1.807) is 36.4 Å². The molecule has 2 aromatic carbocycles. The van der Waals surface area contributed by atoms with Gasteiger partial charge in [0.15, 0.2) is 0 Å². The van der Waals surface area contributed by atoms with Gasteiger partial charge in [0.25, 0.3) is 0 Å². The highest BCUT2D eigenvalue weighted by molar-refractivity contribution is 5.84. The first-order valence-corrected chi connectivity index (χ1v) is 11.6. The molecule has 0 spiro atoms. The van der Waals surface area contributed by atoms with Crippen LogP contribution < -0.4 is 5.11 Å². The molecule has 6 rings (SSSR count). The molecule has 0 N–H and O–H groups in total. The maximum Gasteiger partial charge on any atom is 0.308 e. The molecule has 4 heterocycles. The molecule has 3 aliphatic rings. The molecule has 33 heavy (non-hydrogen) atoms. The predicted octanol–water partition coefficient (Wildman–Crippen LogP) is 3.94. The summed E-state index contributed by atoms with van der Waals surface area (Å²) in [6, 6.07) is 22.3. The van der Waals surface area contributed by atoms with E-state index in [4.69, 9.17) is 9.15 Å². The van der Waals surface area contributed by atoms with Crippen molar-refractivity contribution in [3.63, 3.8) is 0 Å². The van der Waals surface area contributed by atoms with Gasteiger partial charge >= 0.3 is 5.97 Å². The number of nitrogens with zero attached hydrogens (tertiary/aromatic N) is 1. The van der Waals surface area contributed by atoms with Crippen molar-refractivity contribution in [1.82, 2.24) is 0 Å². The number of allylic oxidation sites excluding steroid dienone is 1. The molecule has 3 aromatic rings. The van der Waals surface area contributed by atoms with Crippen molar-refractivity contribution in [2.45, 2.75) is 36.9 Å². The summed E-state index contributed by atoms with van der Waals surface area (Å²) < 4.78 is 12.4. The van der Waals surface area contributed by atoms with E-state index in [2.05, 4.69) is 36.5 Å². The lowest BCUT2D eigenvalue weighted by molar-refractivity contribution is -0.898. The summed E-state index contributed by atoms with van der Waals surface area (Å²) in [5.41, 5.74) is -1.14. The first kappa shape index (κ1) is 21.7. The van der Waals surface area contributed by atoms with Gasteiger partial charge in [0.05, 0.1) is 37.7 Å². The van der Waals surface area contributed by atoms with E-state index >= 15 is 0 Å². The molecule has 1 atom stereocenters. The number of carbonyl (C=O) groups is 1. The van der Waals surface area contributed by atoms with Crippen molar-refractivity contribution in [1.29, 1.82) is 0 Å². The van der Waals surface area contributed by atoms with Crippen LogP contribution in [0.1, 0.15) is 36.1 Å². The van der Waals surface area contributed by atoms with Crippen molar-refractivity contribution >= 4 is 5.97 Å². The molecule has 3 aliphatic heterocycles. The number of hydrogen-bond donors (Lipinski definition) is 0. The average molecular weight is 444 g/mol. The third-order valence-corrected chi connectivity index (χ3v) is 7.30. The molecule has 0 amide bonds. The largest absolute Gasteiger partial charge is 0.832 e. The SMILES string of the molecule is O=C(OC12CC[N+](/C=C/Cc3ccccc3)(CC1)CC2)C([O-])(c1ccccc1)c1ccco1. The summed E-state index contributed by atoms with van der Waals surface area (Å²) in [5.74, 6) is -0.708. The van der Waals surface area contributed by atoms with Gasteiger partial charge in [-0.1, -0.05) is 60.7 Å². The third-order valence-electron chi connectivity index (χ3n) is 7.30. The number of furan rings is 1. The number of rotatable bonds is 7. The number of esters is 1. The molecule has 0 aliphatic carbocycles. The van der Waals surface area contributed by atoms with Crippen LogP contribution in [0.15, 0.2) is 95.8 Å². The summed E-state index contributed by atoms with van der Waals surface area (Å²) in [6.45, 7) is 2.74. The average Bonchev–Trinajstić information content (AvgIpc) is 3.41. The second kappa shape index (κ2) is 8.65. The van der Waals surface area contributed by atoms with Crippen LogP contribution in [0.5, 0.6) is 0 Å². The summed E-state index contributed by atoms with van der Waals surface area (Å²) in [7, 11) is 0. The Morgan fingerprint density at radius 2 is 1.61 bits per heavy atom. The van der Waals surface area contributed by atoms with E-state index in [1.165, 1.54) is 11.8 Å². The Morgan fingerprint density at radius 3 is 2.21 bits per heavy atom. The maximum absolute atomic E-state index is 14.0. The first-order chi connectivity index (χ1) is 16.0. The molecular weight excluding hydrogens is 414 g/mol. The fourth-order valence-electron chi connectivity index (χ4n) is 5.17. The van der Waals surface area contributed by atoms with E-state index in [9.17, 15) is 9.90 Å². The molecular formula is C28H29NO4. The second-order valence-corrected chi connectivity index (χ2v) is 9.31. The van der Waals surface area contributed by atoms with E-state index in [1.807, 2.05) is 12.1 Å². The molecule has 2 bridgehead atoms. The Morgan fingerprint density at radius 1 is 0.970 bits per heavy atom. The Bertz CT molecular complexity index is 1080. The number of carbonyl (C=O) groups excluding carboxylic acids is 1. The van der Waals surface area contributed by atoms with Crippen molar-refractivity contribution in [3.05, 3.63) is 108 Å². The molecule has 1 aromatic heterocycles. The van der Waals surface area contributed by atoms with Crippen LogP contribution in [0, 0.1) is 0 Å². The third kappa shape index (κ3) is 4.14. The van der Waals surface area contributed by atoms with Crippen molar-refractivity contribution < 1.29 is 23.5 Å². The van der Waals surface area contributed by atoms with Gasteiger partial charge in [0.1, 0.15) is 11.4 Å². The molecule has 170 valence electrons. The van der Waals surface area contributed by atoms with Crippen molar-refractivity contribution in [3.8, 4) is 0 Å². The minimum Gasteiger partial charge on any atom is -0.832 e. The van der Waals surface area contributed by atoms with Crippen LogP contribution >= 0.6 is 0 Å². The van der Waals surface area contributed by atoms with Gasteiger partial charge in [0.2, 0.25) is 0 Å². The van der Waals surface area contributed by atoms with E-state index in [0.29, 0.717) is 5.56 Å². The van der Waals surface area contributed by atoms with Crippen LogP contribution in [0.2, 0.25) is 0 Å². The molecule has 3 fully saturated rings. The lowest BCUT2D eigenvalue weighted by Crippen LogP contribution is -2.64. The smallest absolute Gasteiger partial charge is 0.308 e. The zero-order valence-corrected chi connectivity index (χ0v) is 18.7. The Kier molecular flexibility index (Phi) is 5.69. The van der Waals surface area contributed by atoms with Gasteiger partial charge in [-0.15, -0.1) is 0 Å². The molecule has 0 radical (unpaired) electrons. The standard InChI is InChI=1S/C28H29NO4/c30-26(28(31,25-14-8-22-32-25)24-12-5-2-6-13-24)33-27-15-19-29(20-16-27,21-17-27)18-7-11-23-9-3-1-4-10-23/h1-10,12-14,18,22H,11,15-17,19-21H2/b18-7+. The number of piperidine rings is 3. The fraction of sp³-hybridized carbons (Fsp3) is 0.321. The normalized spacial score (nSPS) is 26.2. The van der Waals surface area contributed by atoms with Crippen LogP contribution in [-0.2, 0) is 21.6 Å². The lowest BCUT2D eigenvalue weighted by atomic mass is 9.80. The number of benzene rings is 2. The van der Waals surface area contributed by atoms with Gasteiger partial charge in [0, 0.05) is 19.3 Å². The van der Waals surface area contributed by atoms with E-state index in [0.717, 1.165) is 49.8 Å². The summed E-state index contributed by atoms with van der Waals surface area (Å²) in [6.07, 6.45) is 9.20. The minimum absolute atomic E-state index is 0.0655. The fourth-order valence-corrected chi connectivity index (χ4v) is 5.17. The van der Waals surface area contributed by atoms with Crippen molar-refractivity contribution in [2.24, 2.45) is 0 Å². The minimum atomic E-state index is -2.21. The monoisotopic (exact) mass is 443 g/mol. The van der Waals surface area contributed by atoms with Crippen LogP contribution in [0.25, 0.3) is 0 Å². The Balaban J connectivity index is 1.29. The van der Waals surface area contributed by atoms with Crippen LogP contribution in [0.4, 0.5) is 0 Å². The molecule has 5 nitrogen and oxygen atoms in total. The Hall–Kier alpha value is -3.15. The first-order valence-electron chi connectivity index (χ1n) is 11.6. The van der Waals surface area contributed by atoms with E-state index in [-0.39, 0.29) is 5.76 Å². The quantitative estimate of drug-likeness (QED) is 0.410. The van der Waals surface area contributed by atoms with Gasteiger partial charge in [-0.3, -0.25) is 9.28 Å². The summed E-state index contributed by atoms with van der Waals surface area (Å²) >= 11 is 0. The van der Waals surface area contributed by atoms with Crippen molar-refractivity contribution in [2.75, 3.05) is 19.6 Å². The van der Waals surface area contributed by atoms with Gasteiger partial charge in [-0.2, -0.15) is 0 Å². The molecule has 1 unspecified atom stereocenters. The second-order valence-electron chi connectivity index (χ2n) is 9.31. The van der Waals surface area contributed by atoms with Crippen LogP contribution in [-0.4, -0.2) is 35.7 Å². The van der Waals surface area contributed by atoms with Gasteiger partial charge in [-0.25, -0.2) is 0 Å². The number of fused-ring (bicyclic) bond motifs is 3. The van der Waals surface area contributed by atoms with Gasteiger partial charge < -0.3 is 14.3 Å². The molecule has 0 saturated carbocycles. The highest BCUT2D eigenvalue weighted by Gasteiger charge is 2.52. The number of hydrogen-bond acceptors (Lipinski definition) is 4. The topological polar surface area (TPSA) is 62.5 Å². The lowest BCUT2D eigenvalue weighted by Gasteiger charge is -2.53. The Labute approximate surface area is 194 Å².